The number of aromatic nitrogens is 3. The summed E-state index contributed by atoms with van der Waals surface area (Å²) in [6.45, 7) is 1.73. The van der Waals surface area contributed by atoms with E-state index in [0.29, 0.717) is 5.69 Å². The van der Waals surface area contributed by atoms with Gasteiger partial charge in [0.15, 0.2) is 11.7 Å². The highest BCUT2D eigenvalue weighted by Crippen LogP contribution is 2.31. The molecule has 2 atom stereocenters. The highest BCUT2D eigenvalue weighted by Gasteiger charge is 2.36. The lowest BCUT2D eigenvalue weighted by Gasteiger charge is -2.24. The van der Waals surface area contributed by atoms with Crippen molar-refractivity contribution in [2.24, 2.45) is 0 Å². The fourth-order valence-corrected chi connectivity index (χ4v) is 4.07. The molecule has 0 radical (unpaired) electrons. The van der Waals surface area contributed by atoms with Crippen molar-refractivity contribution in [1.82, 2.24) is 10.1 Å². The number of aryl methyl sites for hydroxylation is 1. The maximum atomic E-state index is 11.7. The Morgan fingerprint density at radius 3 is 2.80 bits per heavy atom. The molecule has 0 amide bonds. The van der Waals surface area contributed by atoms with Gasteiger partial charge in [-0.05, 0) is 24.2 Å². The van der Waals surface area contributed by atoms with Crippen LogP contribution < -0.4 is 27.2 Å². The summed E-state index contributed by atoms with van der Waals surface area (Å²) < 4.78 is 1.92. The van der Waals surface area contributed by atoms with E-state index in [1.807, 2.05) is 22.9 Å². The molecule has 2 unspecified atom stereocenters. The molecular formula is C13H13Br2N3OS. The van der Waals surface area contributed by atoms with Crippen LogP contribution in [0.4, 0.5) is 0 Å². The van der Waals surface area contributed by atoms with E-state index in [0.717, 1.165) is 10.9 Å². The van der Waals surface area contributed by atoms with Gasteiger partial charge in [-0.3, -0.25) is 0 Å². The maximum Gasteiger partial charge on any atom is 0.357 e. The quantitative estimate of drug-likeness (QED) is 0.469. The summed E-state index contributed by atoms with van der Waals surface area (Å²) in [4.78, 5) is 14.8. The molecule has 0 fully saturated rings. The third kappa shape index (κ3) is 2.84. The summed E-state index contributed by atoms with van der Waals surface area (Å²) in [7, 11) is 0. The molecule has 2 aromatic rings. The van der Waals surface area contributed by atoms with Crippen LogP contribution in [0.25, 0.3) is 0 Å². The molecule has 1 aliphatic rings. The van der Waals surface area contributed by atoms with E-state index in [2.05, 4.69) is 38.1 Å². The molecule has 0 spiro atoms. The first kappa shape index (κ1) is 15.7. The number of thioether (sulfide) groups is 1. The number of halogens is 2. The lowest BCUT2D eigenvalue weighted by molar-refractivity contribution is -0.806. The molecular weight excluding hydrogens is 406 g/mol. The third-order valence-corrected chi connectivity index (χ3v) is 5.48. The molecule has 106 valence electrons. The first-order valence-electron chi connectivity index (χ1n) is 6.01. The van der Waals surface area contributed by atoms with Crippen LogP contribution in [0, 0.1) is 6.92 Å². The minimum absolute atomic E-state index is 0. The largest absolute Gasteiger partial charge is 1.00 e. The van der Waals surface area contributed by atoms with E-state index in [9.17, 15) is 4.79 Å². The fraction of sp³-hybridized carbons (Fsp3) is 0.308. The standard InChI is InChI=1S/C13H12BrN3OS.BrH/c1-8-12(18)15-13-17(16-8)11(10(14)7-19-13)9-5-3-2-4-6-9;/h2-6,10-11H,7H2,1H3;1H. The molecule has 7 heteroatoms. The van der Waals surface area contributed by atoms with Gasteiger partial charge in [0.05, 0.1) is 4.83 Å². The molecule has 0 saturated carbocycles. The number of rotatable bonds is 1. The summed E-state index contributed by atoms with van der Waals surface area (Å²) >= 11 is 5.35. The first-order chi connectivity index (χ1) is 9.16. The van der Waals surface area contributed by atoms with Crippen molar-refractivity contribution in [3.63, 3.8) is 0 Å². The van der Waals surface area contributed by atoms with E-state index >= 15 is 0 Å². The van der Waals surface area contributed by atoms with Gasteiger partial charge in [0.2, 0.25) is 0 Å². The van der Waals surface area contributed by atoms with Gasteiger partial charge >= 0.3 is 10.7 Å². The molecule has 0 aliphatic carbocycles. The molecule has 0 saturated heterocycles. The van der Waals surface area contributed by atoms with E-state index in [1.165, 1.54) is 5.56 Å². The monoisotopic (exact) mass is 417 g/mol. The summed E-state index contributed by atoms with van der Waals surface area (Å²) in [5.74, 6) is 0.903. The van der Waals surface area contributed by atoms with E-state index < -0.39 is 0 Å². The topological polar surface area (TPSA) is 49.6 Å². The fourth-order valence-electron chi connectivity index (χ4n) is 2.19. The van der Waals surface area contributed by atoms with Gasteiger partial charge in [-0.15, -0.1) is 4.68 Å². The van der Waals surface area contributed by atoms with Crippen LogP contribution in [0.2, 0.25) is 0 Å². The van der Waals surface area contributed by atoms with E-state index in [4.69, 9.17) is 0 Å². The van der Waals surface area contributed by atoms with Gasteiger partial charge in [0.25, 0.3) is 0 Å². The Morgan fingerprint density at radius 1 is 1.40 bits per heavy atom. The molecule has 20 heavy (non-hydrogen) atoms. The lowest BCUT2D eigenvalue weighted by atomic mass is 10.0. The van der Waals surface area contributed by atoms with Crippen LogP contribution in [0.3, 0.4) is 0 Å². The van der Waals surface area contributed by atoms with Gasteiger partial charge in [-0.2, -0.15) is 4.98 Å². The van der Waals surface area contributed by atoms with Gasteiger partial charge in [-0.1, -0.05) is 51.4 Å². The Hall–Kier alpha value is -0.660. The number of hydrogen-bond acceptors (Lipinski definition) is 3. The average Bonchev–Trinajstić information content (AvgIpc) is 2.42. The molecule has 0 bridgehead atoms. The molecule has 1 aromatic carbocycles. The number of alkyl halides is 1. The number of benzene rings is 1. The van der Waals surface area contributed by atoms with Crippen LogP contribution >= 0.6 is 27.7 Å². The SMILES string of the molecule is Cc1n[n+]2c([nH]c1=O)SCC(Br)C2c1ccccc1.[Br-]. The molecule has 4 nitrogen and oxygen atoms in total. The van der Waals surface area contributed by atoms with Crippen LogP contribution in [0.5, 0.6) is 0 Å². The second-order valence-electron chi connectivity index (χ2n) is 4.47. The second kappa shape index (κ2) is 6.41. The minimum atomic E-state index is -0.112. The zero-order valence-corrected chi connectivity index (χ0v) is 14.7. The van der Waals surface area contributed by atoms with Crippen LogP contribution in [0.1, 0.15) is 17.3 Å². The van der Waals surface area contributed by atoms with Crippen molar-refractivity contribution in [3.8, 4) is 0 Å². The van der Waals surface area contributed by atoms with Gasteiger partial charge in [-0.25, -0.2) is 4.79 Å². The van der Waals surface area contributed by atoms with Crippen LogP contribution in [-0.4, -0.2) is 20.7 Å². The predicted octanol–water partition coefficient (Wildman–Crippen LogP) is -1.17. The van der Waals surface area contributed by atoms with Crippen LogP contribution in [0.15, 0.2) is 40.3 Å². The van der Waals surface area contributed by atoms with Crippen molar-refractivity contribution in [2.75, 3.05) is 5.75 Å². The molecule has 2 heterocycles. The Kier molecular flexibility index (Phi) is 5.04. The van der Waals surface area contributed by atoms with E-state index in [1.54, 1.807) is 18.7 Å². The number of H-pyrrole nitrogens is 1. The number of hydrogen-bond donors (Lipinski definition) is 1. The first-order valence-corrected chi connectivity index (χ1v) is 7.91. The molecule has 1 N–H and O–H groups in total. The molecule has 1 aliphatic heterocycles. The number of aromatic amines is 1. The van der Waals surface area contributed by atoms with Gasteiger partial charge < -0.3 is 17.0 Å². The second-order valence-corrected chi connectivity index (χ2v) is 6.66. The van der Waals surface area contributed by atoms with Crippen molar-refractivity contribution in [2.45, 2.75) is 22.9 Å². The normalized spacial score (nSPS) is 20.9. The smallest absolute Gasteiger partial charge is 0.357 e. The number of fused-ring (bicyclic) bond motifs is 1. The van der Waals surface area contributed by atoms with Crippen molar-refractivity contribution >= 4 is 27.7 Å². The average molecular weight is 419 g/mol. The summed E-state index contributed by atoms with van der Waals surface area (Å²) in [5, 5.41) is 5.26. The molecule has 1 aromatic heterocycles. The zero-order chi connectivity index (χ0) is 13.4. The highest BCUT2D eigenvalue weighted by molar-refractivity contribution is 9.09. The van der Waals surface area contributed by atoms with Gasteiger partial charge in [0, 0.05) is 5.75 Å². The van der Waals surface area contributed by atoms with Crippen LogP contribution in [-0.2, 0) is 0 Å². The summed E-state index contributed by atoms with van der Waals surface area (Å²) in [5.41, 5.74) is 1.57. The van der Waals surface area contributed by atoms with Crippen molar-refractivity contribution in [3.05, 3.63) is 51.9 Å². The zero-order valence-electron chi connectivity index (χ0n) is 10.7. The molecule has 3 rings (SSSR count). The highest BCUT2D eigenvalue weighted by atomic mass is 79.9. The Balaban J connectivity index is 0.00000147. The number of nitrogens with one attached hydrogen (secondary N) is 1. The summed E-state index contributed by atoms with van der Waals surface area (Å²) in [6.07, 6.45) is 0. The minimum Gasteiger partial charge on any atom is -1.00 e. The third-order valence-electron chi connectivity index (χ3n) is 3.14. The van der Waals surface area contributed by atoms with Gasteiger partial charge in [0.1, 0.15) is 0 Å². The number of nitrogens with zero attached hydrogens (tertiary/aromatic N) is 2. The summed E-state index contributed by atoms with van der Waals surface area (Å²) in [6, 6.07) is 10.3. The van der Waals surface area contributed by atoms with Crippen molar-refractivity contribution in [1.29, 1.82) is 0 Å². The Bertz CT molecular complexity index is 662. The maximum absolute atomic E-state index is 11.7. The predicted molar refractivity (Wildman–Crippen MR) is 77.8 cm³/mol. The Labute approximate surface area is 139 Å². The van der Waals surface area contributed by atoms with E-state index in [-0.39, 0.29) is 33.4 Å². The lowest BCUT2D eigenvalue weighted by Crippen LogP contribution is -3.00. The Morgan fingerprint density at radius 2 is 2.10 bits per heavy atom. The van der Waals surface area contributed by atoms with Crippen molar-refractivity contribution < 1.29 is 21.7 Å².